The van der Waals surface area contributed by atoms with Crippen LogP contribution in [0, 0.1) is 6.92 Å². The van der Waals surface area contributed by atoms with E-state index in [0.717, 1.165) is 35.2 Å². The number of aryl methyl sites for hydroxylation is 2. The van der Waals surface area contributed by atoms with Crippen LogP contribution in [0.2, 0.25) is 0 Å². The standard InChI is InChI=1S/C32H31F3N6O3S/c1-5-6-21-8-7-20(2)17-26(21)41-27(42)18-45-30(41)37-29(43)38-31(3,4)23-11-9-22(10-12-23)28-36-19-40(39-28)24-13-15-25(16-14-24)44-32(33,34)35/h7-17,19H,5-6,18H2,1-4H3,(H,38,43)/b37-30-. The third-order valence-corrected chi connectivity index (χ3v) is 8.00. The highest BCUT2D eigenvalue weighted by molar-refractivity contribution is 8.15. The van der Waals surface area contributed by atoms with E-state index in [1.54, 1.807) is 4.90 Å². The number of ether oxygens (including phenoxy) is 1. The van der Waals surface area contributed by atoms with Crippen LogP contribution >= 0.6 is 11.8 Å². The zero-order chi connectivity index (χ0) is 32.4. The lowest BCUT2D eigenvalue weighted by molar-refractivity contribution is -0.274. The average Bonchev–Trinajstić information content (AvgIpc) is 3.61. The van der Waals surface area contributed by atoms with Crippen molar-refractivity contribution in [3.63, 3.8) is 0 Å². The molecule has 0 atom stereocenters. The third kappa shape index (κ3) is 7.54. The Labute approximate surface area is 262 Å². The number of hydrogen-bond donors (Lipinski definition) is 1. The minimum Gasteiger partial charge on any atom is -0.406 e. The van der Waals surface area contributed by atoms with E-state index in [1.165, 1.54) is 47.0 Å². The van der Waals surface area contributed by atoms with E-state index >= 15 is 0 Å². The van der Waals surface area contributed by atoms with E-state index in [0.29, 0.717) is 22.2 Å². The molecule has 0 radical (unpaired) electrons. The average molecular weight is 637 g/mol. The zero-order valence-electron chi connectivity index (χ0n) is 25.1. The van der Waals surface area contributed by atoms with Gasteiger partial charge < -0.3 is 10.1 Å². The Kier molecular flexibility index (Phi) is 9.01. The SMILES string of the molecule is CCCc1ccc(C)cc1N1C(=O)CS/C1=N\C(=O)NC(C)(C)c1ccc(-c2ncn(-c3ccc(OC(F)(F)F)cc3)n2)cc1. The summed E-state index contributed by atoms with van der Waals surface area (Å²) in [6.07, 6.45) is -1.59. The number of amidine groups is 1. The Morgan fingerprint density at radius 2 is 1.78 bits per heavy atom. The maximum atomic E-state index is 13.1. The normalized spacial score (nSPS) is 14.7. The first-order valence-corrected chi connectivity index (χ1v) is 15.2. The van der Waals surface area contributed by atoms with Crippen molar-refractivity contribution >= 4 is 34.6 Å². The van der Waals surface area contributed by atoms with Gasteiger partial charge in [-0.25, -0.2) is 14.5 Å². The molecule has 13 heteroatoms. The van der Waals surface area contributed by atoms with E-state index in [9.17, 15) is 22.8 Å². The molecule has 3 amide bonds. The Hall–Kier alpha value is -4.65. The molecule has 4 aromatic rings. The van der Waals surface area contributed by atoms with Gasteiger partial charge in [-0.05, 0) is 74.2 Å². The molecule has 0 spiro atoms. The Bertz CT molecular complexity index is 1730. The monoisotopic (exact) mass is 636 g/mol. The molecule has 5 rings (SSSR count). The maximum Gasteiger partial charge on any atom is 0.573 e. The summed E-state index contributed by atoms with van der Waals surface area (Å²) in [4.78, 5) is 36.2. The number of aromatic nitrogens is 3. The van der Waals surface area contributed by atoms with E-state index in [1.807, 2.05) is 63.2 Å². The summed E-state index contributed by atoms with van der Waals surface area (Å²) in [6.45, 7) is 7.74. The van der Waals surface area contributed by atoms with Crippen LogP contribution in [0.3, 0.4) is 0 Å². The lowest BCUT2D eigenvalue weighted by atomic mass is 9.93. The smallest absolute Gasteiger partial charge is 0.406 e. The molecule has 3 aromatic carbocycles. The van der Waals surface area contributed by atoms with Gasteiger partial charge in [0, 0.05) is 5.56 Å². The van der Waals surface area contributed by atoms with Crippen LogP contribution in [0.15, 0.2) is 78.0 Å². The molecule has 0 aliphatic carbocycles. The number of alkyl halides is 3. The predicted octanol–water partition coefficient (Wildman–Crippen LogP) is 7.17. The molecule has 0 saturated carbocycles. The third-order valence-electron chi connectivity index (χ3n) is 7.07. The molecule has 1 N–H and O–H groups in total. The first-order valence-electron chi connectivity index (χ1n) is 14.2. The van der Waals surface area contributed by atoms with Gasteiger partial charge in [-0.1, -0.05) is 61.5 Å². The number of nitrogens with one attached hydrogen (secondary N) is 1. The quantitative estimate of drug-likeness (QED) is 0.220. The second-order valence-corrected chi connectivity index (χ2v) is 11.9. The number of hydrogen-bond acceptors (Lipinski definition) is 6. The number of benzene rings is 3. The summed E-state index contributed by atoms with van der Waals surface area (Å²) < 4.78 is 42.7. The van der Waals surface area contributed by atoms with Crippen molar-refractivity contribution in [2.24, 2.45) is 4.99 Å². The largest absolute Gasteiger partial charge is 0.573 e. The molecule has 1 fully saturated rings. The molecule has 9 nitrogen and oxygen atoms in total. The summed E-state index contributed by atoms with van der Waals surface area (Å²) in [7, 11) is 0. The highest BCUT2D eigenvalue weighted by atomic mass is 32.2. The highest BCUT2D eigenvalue weighted by Gasteiger charge is 2.33. The van der Waals surface area contributed by atoms with E-state index < -0.39 is 17.9 Å². The Morgan fingerprint density at radius 3 is 2.44 bits per heavy atom. The number of halogens is 3. The van der Waals surface area contributed by atoms with Gasteiger partial charge in [0.25, 0.3) is 0 Å². The first kappa shape index (κ1) is 31.8. The molecule has 1 aliphatic heterocycles. The number of carbonyl (C=O) groups is 2. The number of thioether (sulfide) groups is 1. The molecule has 2 heterocycles. The van der Waals surface area contributed by atoms with Gasteiger partial charge in [-0.2, -0.15) is 4.99 Å². The summed E-state index contributed by atoms with van der Waals surface area (Å²) in [5.41, 5.74) is 4.01. The van der Waals surface area contributed by atoms with Gasteiger partial charge in [-0.3, -0.25) is 9.69 Å². The Morgan fingerprint density at radius 1 is 1.07 bits per heavy atom. The van der Waals surface area contributed by atoms with Crippen LogP contribution in [0.5, 0.6) is 5.75 Å². The number of urea groups is 1. The van der Waals surface area contributed by atoms with Gasteiger partial charge in [0.1, 0.15) is 12.1 Å². The number of aliphatic imine (C=N–C) groups is 1. The first-order chi connectivity index (χ1) is 21.3. The summed E-state index contributed by atoms with van der Waals surface area (Å²) in [6, 6.07) is 18.0. The van der Waals surface area contributed by atoms with Crippen LogP contribution < -0.4 is 15.0 Å². The van der Waals surface area contributed by atoms with Crippen molar-refractivity contribution in [1.82, 2.24) is 20.1 Å². The van der Waals surface area contributed by atoms with Gasteiger partial charge in [0.15, 0.2) is 11.0 Å². The number of anilines is 1. The van der Waals surface area contributed by atoms with Crippen LogP contribution in [-0.4, -0.2) is 44.0 Å². The molecule has 1 aromatic heterocycles. The van der Waals surface area contributed by atoms with Crippen molar-refractivity contribution in [2.75, 3.05) is 10.7 Å². The van der Waals surface area contributed by atoms with E-state index in [-0.39, 0.29) is 17.4 Å². The van der Waals surface area contributed by atoms with Crippen LogP contribution in [0.25, 0.3) is 17.1 Å². The van der Waals surface area contributed by atoms with Gasteiger partial charge in [-0.15, -0.1) is 18.3 Å². The summed E-state index contributed by atoms with van der Waals surface area (Å²) in [5.74, 6) is 0.168. The van der Waals surface area contributed by atoms with Crippen molar-refractivity contribution in [1.29, 1.82) is 0 Å². The van der Waals surface area contributed by atoms with Crippen molar-refractivity contribution in [2.45, 2.75) is 52.4 Å². The van der Waals surface area contributed by atoms with E-state index in [2.05, 4.69) is 32.1 Å². The van der Waals surface area contributed by atoms with Crippen LogP contribution in [0.4, 0.5) is 23.7 Å². The fourth-order valence-corrected chi connectivity index (χ4v) is 5.71. The second-order valence-electron chi connectivity index (χ2n) is 11.0. The van der Waals surface area contributed by atoms with Crippen LogP contribution in [-0.2, 0) is 16.8 Å². The molecule has 45 heavy (non-hydrogen) atoms. The van der Waals surface area contributed by atoms with Crippen molar-refractivity contribution in [3.8, 4) is 22.8 Å². The lowest BCUT2D eigenvalue weighted by Gasteiger charge is -2.26. The highest BCUT2D eigenvalue weighted by Crippen LogP contribution is 2.32. The number of rotatable bonds is 8. The van der Waals surface area contributed by atoms with Crippen molar-refractivity contribution in [3.05, 3.63) is 89.7 Å². The molecule has 0 unspecified atom stereocenters. The van der Waals surface area contributed by atoms with Crippen molar-refractivity contribution < 1.29 is 27.5 Å². The van der Waals surface area contributed by atoms with Gasteiger partial charge in [0.2, 0.25) is 5.91 Å². The van der Waals surface area contributed by atoms with Gasteiger partial charge >= 0.3 is 12.4 Å². The topological polar surface area (TPSA) is 102 Å². The molecule has 1 saturated heterocycles. The fraction of sp³-hybridized carbons (Fsp3) is 0.281. The van der Waals surface area contributed by atoms with Gasteiger partial charge in [0.05, 0.1) is 22.7 Å². The second kappa shape index (κ2) is 12.8. The minimum atomic E-state index is -4.77. The van der Waals surface area contributed by atoms with E-state index in [4.69, 9.17) is 0 Å². The molecular formula is C32H31F3N6O3S. The fourth-order valence-electron chi connectivity index (χ4n) is 4.86. The summed E-state index contributed by atoms with van der Waals surface area (Å²) in [5, 5.41) is 7.72. The molecule has 0 bridgehead atoms. The minimum absolute atomic E-state index is 0.118. The molecule has 1 aliphatic rings. The Balaban J connectivity index is 1.28. The lowest BCUT2D eigenvalue weighted by Crippen LogP contribution is -2.40. The number of carbonyl (C=O) groups excluding carboxylic acids is 2. The molecule has 234 valence electrons. The number of nitrogens with zero attached hydrogens (tertiary/aromatic N) is 5. The maximum absolute atomic E-state index is 13.1. The molecular weight excluding hydrogens is 605 g/mol. The van der Waals surface area contributed by atoms with Crippen LogP contribution in [0.1, 0.15) is 43.9 Å². The number of amides is 3. The zero-order valence-corrected chi connectivity index (χ0v) is 25.9. The summed E-state index contributed by atoms with van der Waals surface area (Å²) >= 11 is 1.24. The predicted molar refractivity (Wildman–Crippen MR) is 168 cm³/mol.